The van der Waals surface area contributed by atoms with E-state index in [1.807, 2.05) is 0 Å². The third kappa shape index (κ3) is 2.85. The molecule has 2 N–H and O–H groups in total. The fraction of sp³-hybridized carbons (Fsp3) is 0.619. The van der Waals surface area contributed by atoms with Gasteiger partial charge < -0.3 is 19.9 Å². The molecule has 5 heterocycles. The number of ether oxygens (including phenoxy) is 1. The number of nitrogens with zero attached hydrogens (tertiary/aromatic N) is 1. The average molecular weight is 339 g/mol. The molecule has 1 aromatic carbocycles. The van der Waals surface area contributed by atoms with Crippen LogP contribution in [0, 0.1) is 5.92 Å². The molecule has 2 aromatic rings. The van der Waals surface area contributed by atoms with E-state index in [-0.39, 0.29) is 0 Å². The maximum absolute atomic E-state index is 5.88. The summed E-state index contributed by atoms with van der Waals surface area (Å²) in [4.78, 5) is 6.11. The van der Waals surface area contributed by atoms with Crippen LogP contribution in [-0.4, -0.2) is 48.2 Å². The van der Waals surface area contributed by atoms with Crippen LogP contribution >= 0.6 is 0 Å². The van der Waals surface area contributed by atoms with Crippen LogP contribution in [0.1, 0.15) is 37.3 Å². The standard InChI is InChI=1S/C21H29N3O/c1-14(23-19-13-24-8-6-15(19)7-9-24)11-16-12-22-18-4-5-20-17(21(16)18)3-2-10-25-20/h4-5,12,14-15,19,22-23H,2-3,6-11,13H2,1H3/t14-,19-/m0/s1. The highest BCUT2D eigenvalue weighted by atomic mass is 16.5. The third-order valence-corrected chi connectivity index (χ3v) is 6.50. The van der Waals surface area contributed by atoms with Crippen LogP contribution in [0.15, 0.2) is 18.3 Å². The zero-order valence-corrected chi connectivity index (χ0v) is 15.2. The van der Waals surface area contributed by atoms with Gasteiger partial charge in [-0.3, -0.25) is 0 Å². The van der Waals surface area contributed by atoms with Gasteiger partial charge in [-0.15, -0.1) is 0 Å². The maximum atomic E-state index is 5.88. The molecule has 1 aromatic heterocycles. The van der Waals surface area contributed by atoms with E-state index in [9.17, 15) is 0 Å². The predicted molar refractivity (Wildman–Crippen MR) is 101 cm³/mol. The van der Waals surface area contributed by atoms with Gasteiger partial charge in [0.15, 0.2) is 0 Å². The van der Waals surface area contributed by atoms with Crippen LogP contribution < -0.4 is 10.1 Å². The molecule has 134 valence electrons. The van der Waals surface area contributed by atoms with Gasteiger partial charge >= 0.3 is 0 Å². The zero-order chi connectivity index (χ0) is 16.8. The Morgan fingerprint density at radius 2 is 2.20 bits per heavy atom. The summed E-state index contributed by atoms with van der Waals surface area (Å²) in [6.45, 7) is 7.07. The number of benzene rings is 1. The molecule has 3 saturated heterocycles. The Hall–Kier alpha value is -1.52. The van der Waals surface area contributed by atoms with Gasteiger partial charge in [0.2, 0.25) is 0 Å². The Balaban J connectivity index is 1.35. The Morgan fingerprint density at radius 1 is 1.32 bits per heavy atom. The van der Waals surface area contributed by atoms with E-state index in [1.165, 1.54) is 54.5 Å². The average Bonchev–Trinajstić information content (AvgIpc) is 3.06. The summed E-state index contributed by atoms with van der Waals surface area (Å²) in [6, 6.07) is 5.49. The zero-order valence-electron chi connectivity index (χ0n) is 15.2. The molecular formula is C21H29N3O. The van der Waals surface area contributed by atoms with Crippen molar-refractivity contribution in [2.75, 3.05) is 26.2 Å². The summed E-state index contributed by atoms with van der Waals surface area (Å²) in [5.74, 6) is 1.98. The minimum atomic E-state index is 0.505. The number of aromatic nitrogens is 1. The summed E-state index contributed by atoms with van der Waals surface area (Å²) in [5.41, 5.74) is 4.11. The van der Waals surface area contributed by atoms with Gasteiger partial charge in [-0.05, 0) is 75.7 Å². The minimum absolute atomic E-state index is 0.505. The van der Waals surface area contributed by atoms with E-state index < -0.39 is 0 Å². The third-order valence-electron chi connectivity index (χ3n) is 6.50. The van der Waals surface area contributed by atoms with Gasteiger partial charge in [-0.25, -0.2) is 0 Å². The number of H-pyrrole nitrogens is 1. The molecular weight excluding hydrogens is 310 g/mol. The molecule has 2 atom stereocenters. The Kier molecular flexibility index (Phi) is 3.98. The van der Waals surface area contributed by atoms with Crippen molar-refractivity contribution in [1.29, 1.82) is 0 Å². The summed E-state index contributed by atoms with van der Waals surface area (Å²) in [7, 11) is 0. The molecule has 4 nitrogen and oxygen atoms in total. The molecule has 0 saturated carbocycles. The van der Waals surface area contributed by atoms with Crippen molar-refractivity contribution in [2.24, 2.45) is 5.92 Å². The summed E-state index contributed by atoms with van der Waals surface area (Å²) >= 11 is 0. The van der Waals surface area contributed by atoms with Gasteiger partial charge in [0.25, 0.3) is 0 Å². The number of aryl methyl sites for hydroxylation is 1. The number of rotatable bonds is 4. The van der Waals surface area contributed by atoms with Crippen LogP contribution in [0.3, 0.4) is 0 Å². The highest BCUT2D eigenvalue weighted by molar-refractivity contribution is 5.89. The first-order valence-electron chi connectivity index (χ1n) is 10.0. The highest BCUT2D eigenvalue weighted by Crippen LogP contribution is 2.34. The van der Waals surface area contributed by atoms with Crippen molar-refractivity contribution in [3.8, 4) is 5.75 Å². The first-order chi connectivity index (χ1) is 12.3. The van der Waals surface area contributed by atoms with Crippen molar-refractivity contribution >= 4 is 10.9 Å². The fourth-order valence-corrected chi connectivity index (χ4v) is 5.24. The first kappa shape index (κ1) is 15.7. The van der Waals surface area contributed by atoms with Crippen LogP contribution in [0.5, 0.6) is 5.75 Å². The molecule has 0 radical (unpaired) electrons. The molecule has 4 aliphatic heterocycles. The van der Waals surface area contributed by atoms with Crippen LogP contribution in [0.2, 0.25) is 0 Å². The van der Waals surface area contributed by atoms with Gasteiger partial charge in [-0.2, -0.15) is 0 Å². The molecule has 0 aliphatic carbocycles. The molecule has 6 rings (SSSR count). The summed E-state index contributed by atoms with van der Waals surface area (Å²) in [5, 5.41) is 5.36. The molecule has 4 aliphatic rings. The van der Waals surface area contributed by atoms with Crippen molar-refractivity contribution in [3.63, 3.8) is 0 Å². The van der Waals surface area contributed by atoms with Crippen molar-refractivity contribution in [3.05, 3.63) is 29.5 Å². The topological polar surface area (TPSA) is 40.3 Å². The van der Waals surface area contributed by atoms with Crippen molar-refractivity contribution < 1.29 is 4.74 Å². The monoisotopic (exact) mass is 339 g/mol. The molecule has 0 amide bonds. The SMILES string of the molecule is C[C@@H](Cc1c[nH]c2ccc3c(c12)CCCO3)N[C@H]1CN2CCC1CC2. The number of fused-ring (bicyclic) bond motifs is 6. The summed E-state index contributed by atoms with van der Waals surface area (Å²) in [6.07, 6.45) is 8.32. The second-order valence-corrected chi connectivity index (χ2v) is 8.25. The number of nitrogens with one attached hydrogen (secondary N) is 2. The predicted octanol–water partition coefficient (Wildman–Crippen LogP) is 3.11. The maximum Gasteiger partial charge on any atom is 0.123 e. The van der Waals surface area contributed by atoms with Gasteiger partial charge in [0.05, 0.1) is 6.61 Å². The van der Waals surface area contributed by atoms with E-state index in [0.717, 1.165) is 37.5 Å². The quantitative estimate of drug-likeness (QED) is 0.899. The minimum Gasteiger partial charge on any atom is -0.493 e. The lowest BCUT2D eigenvalue weighted by atomic mass is 9.83. The molecule has 3 fully saturated rings. The lowest BCUT2D eigenvalue weighted by Crippen LogP contribution is -2.57. The Labute approximate surface area is 149 Å². The summed E-state index contributed by atoms with van der Waals surface area (Å²) < 4.78 is 5.88. The smallest absolute Gasteiger partial charge is 0.123 e. The molecule has 0 unspecified atom stereocenters. The molecule has 4 heteroatoms. The second-order valence-electron chi connectivity index (χ2n) is 8.25. The largest absolute Gasteiger partial charge is 0.493 e. The van der Waals surface area contributed by atoms with E-state index in [2.05, 4.69) is 40.5 Å². The number of piperidine rings is 3. The van der Waals surface area contributed by atoms with Crippen molar-refractivity contribution in [2.45, 2.75) is 51.1 Å². The van der Waals surface area contributed by atoms with Gasteiger partial charge in [0, 0.05) is 41.3 Å². The highest BCUT2D eigenvalue weighted by Gasteiger charge is 2.34. The van der Waals surface area contributed by atoms with E-state index in [0.29, 0.717) is 12.1 Å². The number of hydrogen-bond acceptors (Lipinski definition) is 3. The van der Waals surface area contributed by atoms with E-state index >= 15 is 0 Å². The number of hydrogen-bond donors (Lipinski definition) is 2. The van der Waals surface area contributed by atoms with Crippen LogP contribution in [0.4, 0.5) is 0 Å². The molecule has 2 bridgehead atoms. The van der Waals surface area contributed by atoms with Crippen LogP contribution in [0.25, 0.3) is 10.9 Å². The lowest BCUT2D eigenvalue weighted by Gasteiger charge is -2.46. The number of aromatic amines is 1. The first-order valence-corrected chi connectivity index (χ1v) is 10.0. The van der Waals surface area contributed by atoms with Gasteiger partial charge in [-0.1, -0.05) is 0 Å². The van der Waals surface area contributed by atoms with E-state index in [4.69, 9.17) is 4.74 Å². The normalized spacial score (nSPS) is 29.4. The Bertz CT molecular complexity index is 760. The van der Waals surface area contributed by atoms with E-state index in [1.54, 1.807) is 0 Å². The Morgan fingerprint density at radius 3 is 3.00 bits per heavy atom. The molecule has 0 spiro atoms. The lowest BCUT2D eigenvalue weighted by molar-refractivity contribution is 0.0681. The molecule has 25 heavy (non-hydrogen) atoms. The van der Waals surface area contributed by atoms with Crippen molar-refractivity contribution in [1.82, 2.24) is 15.2 Å². The van der Waals surface area contributed by atoms with Gasteiger partial charge in [0.1, 0.15) is 5.75 Å². The fourth-order valence-electron chi connectivity index (χ4n) is 5.24. The van der Waals surface area contributed by atoms with Crippen LogP contribution in [-0.2, 0) is 12.8 Å². The second kappa shape index (κ2) is 6.33.